The summed E-state index contributed by atoms with van der Waals surface area (Å²) >= 11 is 0. The molecule has 2 N–H and O–H groups in total. The standard InChI is InChI=1S/C19H22N2O5S/c1-14(21-27(23,24)10-9-15-5-3-2-4-6-15)19(22)20-12-16-7-8-17-18(11-16)26-13-25-17/h2-8,11,14,21H,9-10,12-13H2,1H3,(H,20,22)/t14-/m1/s1. The van der Waals surface area contributed by atoms with Crippen LogP contribution in [0.3, 0.4) is 0 Å². The Kier molecular flexibility index (Phi) is 5.98. The maximum Gasteiger partial charge on any atom is 0.238 e. The molecular formula is C19H22N2O5S. The van der Waals surface area contributed by atoms with Crippen molar-refractivity contribution in [1.82, 2.24) is 10.0 Å². The van der Waals surface area contributed by atoms with E-state index in [4.69, 9.17) is 9.47 Å². The van der Waals surface area contributed by atoms with Gasteiger partial charge in [-0.15, -0.1) is 0 Å². The van der Waals surface area contributed by atoms with Crippen LogP contribution in [0, 0.1) is 0 Å². The molecule has 0 fully saturated rings. The molecule has 0 saturated heterocycles. The van der Waals surface area contributed by atoms with Crippen LogP contribution in [0.15, 0.2) is 48.5 Å². The number of hydrogen-bond donors (Lipinski definition) is 2. The van der Waals surface area contributed by atoms with Crippen LogP contribution in [0.5, 0.6) is 11.5 Å². The lowest BCUT2D eigenvalue weighted by molar-refractivity contribution is -0.122. The molecule has 0 saturated carbocycles. The molecule has 1 aliphatic rings. The second kappa shape index (κ2) is 8.41. The molecule has 2 aromatic rings. The number of carbonyl (C=O) groups excluding carboxylic acids is 1. The number of fused-ring (bicyclic) bond motifs is 1. The summed E-state index contributed by atoms with van der Waals surface area (Å²) in [5.74, 6) is 0.841. The molecule has 1 heterocycles. The summed E-state index contributed by atoms with van der Waals surface area (Å²) in [6.45, 7) is 1.98. The van der Waals surface area contributed by atoms with Gasteiger partial charge in [-0.2, -0.15) is 0 Å². The third-order valence-electron chi connectivity index (χ3n) is 4.16. The molecule has 2 aromatic carbocycles. The van der Waals surface area contributed by atoms with Gasteiger partial charge in [-0.1, -0.05) is 36.4 Å². The Labute approximate surface area is 158 Å². The van der Waals surface area contributed by atoms with Crippen molar-refractivity contribution in [2.45, 2.75) is 25.9 Å². The Morgan fingerprint density at radius 1 is 1.07 bits per heavy atom. The van der Waals surface area contributed by atoms with Crippen molar-refractivity contribution >= 4 is 15.9 Å². The number of hydrogen-bond acceptors (Lipinski definition) is 5. The minimum atomic E-state index is -3.56. The zero-order chi connectivity index (χ0) is 19.3. The first kappa shape index (κ1) is 19.2. The van der Waals surface area contributed by atoms with Gasteiger partial charge in [0.15, 0.2) is 11.5 Å². The smallest absolute Gasteiger partial charge is 0.238 e. The highest BCUT2D eigenvalue weighted by atomic mass is 32.2. The minimum Gasteiger partial charge on any atom is -0.454 e. The van der Waals surface area contributed by atoms with E-state index >= 15 is 0 Å². The van der Waals surface area contributed by atoms with E-state index in [0.717, 1.165) is 11.1 Å². The normalized spacial score (nSPS) is 14.0. The van der Waals surface area contributed by atoms with Crippen molar-refractivity contribution in [1.29, 1.82) is 0 Å². The van der Waals surface area contributed by atoms with Gasteiger partial charge in [0.2, 0.25) is 22.7 Å². The number of nitrogens with one attached hydrogen (secondary N) is 2. The monoisotopic (exact) mass is 390 g/mol. The first-order valence-electron chi connectivity index (χ1n) is 8.63. The molecule has 1 atom stereocenters. The highest BCUT2D eigenvalue weighted by molar-refractivity contribution is 7.89. The first-order valence-corrected chi connectivity index (χ1v) is 10.3. The van der Waals surface area contributed by atoms with Gasteiger partial charge in [-0.3, -0.25) is 4.79 Å². The average Bonchev–Trinajstić information content (AvgIpc) is 3.13. The number of aryl methyl sites for hydroxylation is 1. The van der Waals surface area contributed by atoms with Crippen LogP contribution in [0.25, 0.3) is 0 Å². The fraction of sp³-hybridized carbons (Fsp3) is 0.316. The van der Waals surface area contributed by atoms with E-state index in [1.165, 1.54) is 6.92 Å². The third-order valence-corrected chi connectivity index (χ3v) is 5.61. The summed E-state index contributed by atoms with van der Waals surface area (Å²) in [5.41, 5.74) is 1.77. The molecule has 27 heavy (non-hydrogen) atoms. The Morgan fingerprint density at radius 2 is 1.81 bits per heavy atom. The summed E-state index contributed by atoms with van der Waals surface area (Å²) in [5, 5.41) is 2.72. The quantitative estimate of drug-likeness (QED) is 0.714. The summed E-state index contributed by atoms with van der Waals surface area (Å²) in [4.78, 5) is 12.2. The van der Waals surface area contributed by atoms with Gasteiger partial charge >= 0.3 is 0 Å². The zero-order valence-corrected chi connectivity index (χ0v) is 15.8. The second-order valence-corrected chi connectivity index (χ2v) is 8.17. The summed E-state index contributed by atoms with van der Waals surface area (Å²) in [7, 11) is -3.56. The molecule has 1 aliphatic heterocycles. The van der Waals surface area contributed by atoms with Crippen molar-refractivity contribution < 1.29 is 22.7 Å². The third kappa shape index (κ3) is 5.45. The molecule has 8 heteroatoms. The number of rotatable bonds is 8. The van der Waals surface area contributed by atoms with Crippen LogP contribution >= 0.6 is 0 Å². The molecule has 0 aliphatic carbocycles. The highest BCUT2D eigenvalue weighted by Crippen LogP contribution is 2.32. The maximum absolute atomic E-state index is 12.2. The van der Waals surface area contributed by atoms with Crippen LogP contribution in [-0.2, 0) is 27.8 Å². The van der Waals surface area contributed by atoms with Crippen LogP contribution in [0.4, 0.5) is 0 Å². The van der Waals surface area contributed by atoms with Gasteiger partial charge in [0.05, 0.1) is 11.8 Å². The van der Waals surface area contributed by atoms with E-state index in [1.807, 2.05) is 36.4 Å². The van der Waals surface area contributed by atoms with Gasteiger partial charge < -0.3 is 14.8 Å². The predicted octanol–water partition coefficient (Wildman–Crippen LogP) is 1.58. The van der Waals surface area contributed by atoms with Gasteiger partial charge in [0, 0.05) is 6.54 Å². The Balaban J connectivity index is 1.48. The lowest BCUT2D eigenvalue weighted by atomic mass is 10.2. The molecular weight excluding hydrogens is 368 g/mol. The summed E-state index contributed by atoms with van der Waals surface area (Å²) in [6.07, 6.45) is 0.391. The largest absolute Gasteiger partial charge is 0.454 e. The van der Waals surface area contributed by atoms with Crippen molar-refractivity contribution in [3.63, 3.8) is 0 Å². The van der Waals surface area contributed by atoms with Gasteiger partial charge in [-0.25, -0.2) is 13.1 Å². The number of benzene rings is 2. The minimum absolute atomic E-state index is 0.0726. The topological polar surface area (TPSA) is 93.7 Å². The van der Waals surface area contributed by atoms with E-state index in [-0.39, 0.29) is 19.1 Å². The van der Waals surface area contributed by atoms with Crippen LogP contribution in [-0.4, -0.2) is 32.9 Å². The van der Waals surface area contributed by atoms with E-state index in [1.54, 1.807) is 12.1 Å². The molecule has 7 nitrogen and oxygen atoms in total. The molecule has 0 spiro atoms. The van der Waals surface area contributed by atoms with Gasteiger partial charge in [0.25, 0.3) is 0 Å². The average molecular weight is 390 g/mol. The fourth-order valence-electron chi connectivity index (χ4n) is 2.67. The Hall–Kier alpha value is -2.58. The Morgan fingerprint density at radius 3 is 2.59 bits per heavy atom. The molecule has 0 radical (unpaired) electrons. The lowest BCUT2D eigenvalue weighted by Gasteiger charge is -2.14. The fourth-order valence-corrected chi connectivity index (χ4v) is 3.94. The summed E-state index contributed by atoms with van der Waals surface area (Å²) in [6, 6.07) is 13.9. The molecule has 3 rings (SSSR count). The lowest BCUT2D eigenvalue weighted by Crippen LogP contribution is -2.45. The van der Waals surface area contributed by atoms with Crippen molar-refractivity contribution in [2.24, 2.45) is 0 Å². The highest BCUT2D eigenvalue weighted by Gasteiger charge is 2.20. The van der Waals surface area contributed by atoms with Crippen molar-refractivity contribution in [2.75, 3.05) is 12.5 Å². The van der Waals surface area contributed by atoms with Crippen molar-refractivity contribution in [3.05, 3.63) is 59.7 Å². The molecule has 144 valence electrons. The first-order chi connectivity index (χ1) is 12.9. The van der Waals surface area contributed by atoms with Crippen LogP contribution in [0.1, 0.15) is 18.1 Å². The van der Waals surface area contributed by atoms with Crippen LogP contribution < -0.4 is 19.5 Å². The van der Waals surface area contributed by atoms with E-state index < -0.39 is 22.0 Å². The Bertz CT molecular complexity index is 900. The maximum atomic E-state index is 12.2. The van der Waals surface area contributed by atoms with E-state index in [2.05, 4.69) is 10.0 Å². The second-order valence-electron chi connectivity index (χ2n) is 6.30. The molecule has 0 aromatic heterocycles. The van der Waals surface area contributed by atoms with Crippen molar-refractivity contribution in [3.8, 4) is 11.5 Å². The van der Waals surface area contributed by atoms with Gasteiger partial charge in [0.1, 0.15) is 0 Å². The number of amides is 1. The molecule has 0 unspecified atom stereocenters. The van der Waals surface area contributed by atoms with E-state index in [0.29, 0.717) is 17.9 Å². The number of sulfonamides is 1. The molecule has 1 amide bonds. The van der Waals surface area contributed by atoms with Gasteiger partial charge in [-0.05, 0) is 36.6 Å². The molecule has 0 bridgehead atoms. The SMILES string of the molecule is C[C@@H](NS(=O)(=O)CCc1ccccc1)C(=O)NCc1ccc2c(c1)OCO2. The van der Waals surface area contributed by atoms with Crippen LogP contribution in [0.2, 0.25) is 0 Å². The number of carbonyl (C=O) groups is 1. The van der Waals surface area contributed by atoms with E-state index in [9.17, 15) is 13.2 Å². The predicted molar refractivity (Wildman–Crippen MR) is 101 cm³/mol. The number of ether oxygens (including phenoxy) is 2. The zero-order valence-electron chi connectivity index (χ0n) is 15.0. The summed E-state index contributed by atoms with van der Waals surface area (Å²) < 4.78 is 37.4.